The van der Waals surface area contributed by atoms with E-state index in [0.717, 1.165) is 49.7 Å². The maximum atomic E-state index is 12.9. The average molecular weight is 632 g/mol. The van der Waals surface area contributed by atoms with Gasteiger partial charge in [0.1, 0.15) is 17.2 Å². The number of benzene rings is 3. The number of methoxy groups -OCH3 is 2. The fourth-order valence-corrected chi connectivity index (χ4v) is 5.76. The molecule has 1 aliphatic rings. The zero-order chi connectivity index (χ0) is 32.9. The number of ketones is 1. The number of aromatic nitrogens is 4. The minimum absolute atomic E-state index is 0.0953. The van der Waals surface area contributed by atoms with Gasteiger partial charge in [-0.25, -0.2) is 9.67 Å². The van der Waals surface area contributed by atoms with Crippen molar-refractivity contribution in [2.75, 3.05) is 38.4 Å². The minimum atomic E-state index is -0.464. The summed E-state index contributed by atoms with van der Waals surface area (Å²) in [4.78, 5) is 32.2. The average Bonchev–Trinajstić information content (AvgIpc) is 3.60. The predicted molar refractivity (Wildman–Crippen MR) is 180 cm³/mol. The van der Waals surface area contributed by atoms with E-state index in [2.05, 4.69) is 49.8 Å². The quantitative estimate of drug-likeness (QED) is 0.184. The topological polar surface area (TPSA) is 137 Å². The van der Waals surface area contributed by atoms with Crippen molar-refractivity contribution in [3.8, 4) is 28.4 Å². The molecule has 6 rings (SSSR count). The van der Waals surface area contributed by atoms with Crippen LogP contribution >= 0.6 is 0 Å². The second-order valence-corrected chi connectivity index (χ2v) is 11.4. The number of Topliss-reactive ketones (excluding diaryl/α,β-unsaturated/α-hetero) is 1. The number of ether oxygens (including phenoxy) is 2. The first-order chi connectivity index (χ1) is 22.8. The molecule has 0 saturated carbocycles. The molecule has 0 saturated heterocycles. The smallest absolute Gasteiger partial charge is 0.274 e. The van der Waals surface area contributed by atoms with Gasteiger partial charge in [0.15, 0.2) is 17.3 Å². The van der Waals surface area contributed by atoms with Gasteiger partial charge in [-0.3, -0.25) is 14.5 Å². The Morgan fingerprint density at radius 1 is 0.957 bits per heavy atom. The zero-order valence-electron chi connectivity index (χ0n) is 26.7. The van der Waals surface area contributed by atoms with Gasteiger partial charge >= 0.3 is 0 Å². The third kappa shape index (κ3) is 7.00. The minimum Gasteiger partial charge on any atom is -0.493 e. The van der Waals surface area contributed by atoms with Gasteiger partial charge in [-0.15, -0.1) is 5.10 Å². The number of hydrogen-bond donors (Lipinski definition) is 2. The molecule has 0 bridgehead atoms. The molecule has 5 aromatic rings. The molecule has 3 heterocycles. The van der Waals surface area contributed by atoms with Crippen molar-refractivity contribution < 1.29 is 19.1 Å². The molecule has 0 aliphatic carbocycles. The maximum Gasteiger partial charge on any atom is 0.274 e. The summed E-state index contributed by atoms with van der Waals surface area (Å²) >= 11 is 0. The van der Waals surface area contributed by atoms with Crippen molar-refractivity contribution in [3.63, 3.8) is 0 Å². The van der Waals surface area contributed by atoms with E-state index in [1.54, 1.807) is 62.2 Å². The van der Waals surface area contributed by atoms with E-state index in [9.17, 15) is 9.59 Å². The summed E-state index contributed by atoms with van der Waals surface area (Å²) < 4.78 is 12.7. The lowest BCUT2D eigenvalue weighted by Crippen LogP contribution is -2.32. The van der Waals surface area contributed by atoms with Crippen molar-refractivity contribution in [2.24, 2.45) is 0 Å². The van der Waals surface area contributed by atoms with Gasteiger partial charge in [0.25, 0.3) is 5.91 Å². The van der Waals surface area contributed by atoms with E-state index < -0.39 is 5.91 Å². The number of anilines is 2. The van der Waals surface area contributed by atoms with Gasteiger partial charge in [0.05, 0.1) is 31.8 Å². The lowest BCUT2D eigenvalue weighted by atomic mass is 9.98. The van der Waals surface area contributed by atoms with E-state index >= 15 is 0 Å². The number of fused-ring (bicyclic) bond motifs is 1. The SMILES string of the molecule is CCC(=O)c1ccc(-c2cn(-c3ccc(CCN4CCc5cc(OC)c(OC)cc5C4)cc3)nn2)cc1NC(=O)c1cccc(N)n1. The van der Waals surface area contributed by atoms with Crippen LogP contribution in [0.5, 0.6) is 11.5 Å². The Labute approximate surface area is 273 Å². The van der Waals surface area contributed by atoms with Gasteiger partial charge in [-0.05, 0) is 78.1 Å². The lowest BCUT2D eigenvalue weighted by Gasteiger charge is -2.29. The second-order valence-electron chi connectivity index (χ2n) is 11.4. The lowest BCUT2D eigenvalue weighted by molar-refractivity contribution is 0.0989. The van der Waals surface area contributed by atoms with Crippen molar-refractivity contribution in [1.82, 2.24) is 24.9 Å². The van der Waals surface area contributed by atoms with Crippen LogP contribution in [-0.2, 0) is 19.4 Å². The van der Waals surface area contributed by atoms with Crippen LogP contribution in [0, 0.1) is 0 Å². The number of amides is 1. The summed E-state index contributed by atoms with van der Waals surface area (Å²) in [5.74, 6) is 1.22. The number of nitrogen functional groups attached to an aromatic ring is 1. The monoisotopic (exact) mass is 631 g/mol. The third-order valence-electron chi connectivity index (χ3n) is 8.40. The molecule has 3 N–H and O–H groups in total. The molecule has 0 fully saturated rings. The largest absolute Gasteiger partial charge is 0.493 e. The number of carbonyl (C=O) groups excluding carboxylic acids is 2. The molecular formula is C36H37N7O4. The van der Waals surface area contributed by atoms with Gasteiger partial charge in [-0.1, -0.05) is 36.4 Å². The van der Waals surface area contributed by atoms with Gasteiger partial charge in [0.2, 0.25) is 0 Å². The maximum absolute atomic E-state index is 12.9. The Balaban J connectivity index is 1.13. The summed E-state index contributed by atoms with van der Waals surface area (Å²) in [6.07, 6.45) is 4.02. The standard InChI is InChI=1S/C36H37N7O4/c1-4-32(44)28-13-10-25(18-30(28)39-36(45)29-6-5-7-35(37)38-29)31-22-43(41-40-31)27-11-8-23(9-12-27)14-16-42-17-15-24-19-33(46-2)34(47-3)20-26(24)21-42/h5-13,18-20,22H,4,14-17,21H2,1-3H3,(H2,37,38)(H,39,45). The molecule has 3 aromatic carbocycles. The highest BCUT2D eigenvalue weighted by atomic mass is 16.5. The van der Waals surface area contributed by atoms with E-state index in [-0.39, 0.29) is 17.3 Å². The number of carbonyl (C=O) groups is 2. The van der Waals surface area contributed by atoms with Gasteiger partial charge in [-0.2, -0.15) is 0 Å². The summed E-state index contributed by atoms with van der Waals surface area (Å²) in [5.41, 5.74) is 12.7. The van der Waals surface area contributed by atoms with E-state index in [1.165, 1.54) is 16.7 Å². The highest BCUT2D eigenvalue weighted by Crippen LogP contribution is 2.33. The van der Waals surface area contributed by atoms with Crippen molar-refractivity contribution in [3.05, 3.63) is 107 Å². The van der Waals surface area contributed by atoms with Gasteiger partial charge < -0.3 is 20.5 Å². The number of hydrogen-bond acceptors (Lipinski definition) is 9. The Morgan fingerprint density at radius 2 is 1.72 bits per heavy atom. The second kappa shape index (κ2) is 13.8. The van der Waals surface area contributed by atoms with Gasteiger partial charge in [0, 0.05) is 37.2 Å². The first-order valence-corrected chi connectivity index (χ1v) is 15.5. The van der Waals surface area contributed by atoms with E-state index in [4.69, 9.17) is 15.2 Å². The fraction of sp³-hybridized carbons (Fsp3) is 0.250. The molecule has 0 spiro atoms. The number of nitrogens with zero attached hydrogens (tertiary/aromatic N) is 5. The highest BCUT2D eigenvalue weighted by Gasteiger charge is 2.20. The molecular weight excluding hydrogens is 594 g/mol. The van der Waals surface area contributed by atoms with Crippen LogP contribution in [0.1, 0.15) is 50.9 Å². The van der Waals surface area contributed by atoms with Crippen LogP contribution in [0.25, 0.3) is 16.9 Å². The molecule has 47 heavy (non-hydrogen) atoms. The first kappa shape index (κ1) is 31.4. The molecule has 0 unspecified atom stereocenters. The summed E-state index contributed by atoms with van der Waals surface area (Å²) in [6.45, 7) is 4.61. The molecule has 1 aliphatic heterocycles. The number of pyridine rings is 1. The van der Waals surface area contributed by atoms with E-state index in [0.29, 0.717) is 28.9 Å². The van der Waals surface area contributed by atoms with Crippen molar-refractivity contribution in [1.29, 1.82) is 0 Å². The third-order valence-corrected chi connectivity index (χ3v) is 8.40. The van der Waals surface area contributed by atoms with Crippen molar-refractivity contribution >= 4 is 23.2 Å². The summed E-state index contributed by atoms with van der Waals surface area (Å²) in [5, 5.41) is 11.5. The number of nitrogens with two attached hydrogens (primary N) is 1. The zero-order valence-corrected chi connectivity index (χ0v) is 26.7. The van der Waals surface area contributed by atoms with Crippen LogP contribution in [0.15, 0.2) is 79.0 Å². The van der Waals surface area contributed by atoms with Crippen LogP contribution in [0.4, 0.5) is 11.5 Å². The Hall–Kier alpha value is -5.55. The summed E-state index contributed by atoms with van der Waals surface area (Å²) in [7, 11) is 3.34. The number of nitrogens with one attached hydrogen (secondary N) is 1. The molecule has 11 nitrogen and oxygen atoms in total. The van der Waals surface area contributed by atoms with E-state index in [1.807, 2.05) is 18.3 Å². The molecule has 0 atom stereocenters. The van der Waals surface area contributed by atoms with Crippen LogP contribution in [0.3, 0.4) is 0 Å². The summed E-state index contributed by atoms with van der Waals surface area (Å²) in [6, 6.07) is 22.5. The molecule has 240 valence electrons. The van der Waals surface area contributed by atoms with Crippen LogP contribution < -0.4 is 20.5 Å². The predicted octanol–water partition coefficient (Wildman–Crippen LogP) is 5.37. The molecule has 11 heteroatoms. The molecule has 2 aromatic heterocycles. The fourth-order valence-electron chi connectivity index (χ4n) is 5.76. The van der Waals surface area contributed by atoms with Crippen molar-refractivity contribution in [2.45, 2.75) is 32.7 Å². The Morgan fingerprint density at radius 3 is 2.45 bits per heavy atom. The first-order valence-electron chi connectivity index (χ1n) is 15.5. The Kier molecular flexibility index (Phi) is 9.25. The molecule has 0 radical (unpaired) electrons. The Bertz CT molecular complexity index is 1920. The highest BCUT2D eigenvalue weighted by molar-refractivity contribution is 6.09. The molecule has 1 amide bonds. The normalized spacial score (nSPS) is 12.7. The van der Waals surface area contributed by atoms with Crippen LogP contribution in [0.2, 0.25) is 0 Å². The van der Waals surface area contributed by atoms with Crippen LogP contribution in [-0.4, -0.2) is 63.9 Å². The number of rotatable bonds is 11.